The Labute approximate surface area is 241 Å². The highest BCUT2D eigenvalue weighted by Crippen LogP contribution is 2.25. The van der Waals surface area contributed by atoms with Crippen LogP contribution >= 0.6 is 0 Å². The molecule has 41 heavy (non-hydrogen) atoms. The molecule has 9 nitrogen and oxygen atoms in total. The number of hydrogen-bond acceptors (Lipinski definition) is 8. The predicted molar refractivity (Wildman–Crippen MR) is 155 cm³/mol. The first-order chi connectivity index (χ1) is 20.3. The van der Waals surface area contributed by atoms with E-state index in [4.69, 9.17) is 33.5 Å². The van der Waals surface area contributed by atoms with Crippen molar-refractivity contribution in [3.05, 3.63) is 85.5 Å². The lowest BCUT2D eigenvalue weighted by atomic mass is 10.1. The summed E-state index contributed by atoms with van der Waals surface area (Å²) in [5, 5.41) is 10.8. The Balaban J connectivity index is 1.03. The van der Waals surface area contributed by atoms with Gasteiger partial charge in [-0.1, -0.05) is 12.1 Å². The van der Waals surface area contributed by atoms with Gasteiger partial charge >= 0.3 is 0 Å². The third-order valence-electron chi connectivity index (χ3n) is 6.15. The topological polar surface area (TPSA) is 92.4 Å². The smallest absolute Gasteiger partial charge is 0.171 e. The van der Waals surface area contributed by atoms with Crippen molar-refractivity contribution in [1.29, 1.82) is 0 Å². The van der Waals surface area contributed by atoms with E-state index in [9.17, 15) is 0 Å². The Hall–Kier alpha value is -3.60. The quantitative estimate of drug-likeness (QED) is 0.129. The van der Waals surface area contributed by atoms with Gasteiger partial charge in [-0.05, 0) is 58.3 Å². The van der Waals surface area contributed by atoms with E-state index >= 15 is 0 Å². The number of pyridine rings is 2. The van der Waals surface area contributed by atoms with E-state index < -0.39 is 0 Å². The Bertz CT molecular complexity index is 1270. The van der Waals surface area contributed by atoms with Crippen molar-refractivity contribution in [2.75, 3.05) is 72.7 Å². The summed E-state index contributed by atoms with van der Waals surface area (Å²) in [6.45, 7) is 5.67. The standard InChI is InChI=1S/C32H39N2O7/c35-14-16-37-18-20-39-22-24-41-32-4-2-29-25-31(3-1-30(29)26-32)40-23-21-38-19-17-36-15-13-34-11-7-28(8-12-34)27-5-9-33-10-6-27/h1-12,25-26,35H,13-24H2/q+1. The molecule has 4 aromatic rings. The largest absolute Gasteiger partial charge is 0.491 e. The van der Waals surface area contributed by atoms with Gasteiger partial charge in [-0.2, -0.15) is 0 Å². The Morgan fingerprint density at radius 2 is 1.02 bits per heavy atom. The molecule has 2 heterocycles. The molecule has 2 aromatic carbocycles. The number of fused-ring (bicyclic) bond motifs is 1. The van der Waals surface area contributed by atoms with E-state index in [-0.39, 0.29) is 6.61 Å². The maximum Gasteiger partial charge on any atom is 0.171 e. The minimum atomic E-state index is 0.0230. The van der Waals surface area contributed by atoms with Crippen molar-refractivity contribution in [3.63, 3.8) is 0 Å². The highest BCUT2D eigenvalue weighted by Gasteiger charge is 2.04. The average Bonchev–Trinajstić information content (AvgIpc) is 3.02. The Morgan fingerprint density at radius 1 is 0.537 bits per heavy atom. The first-order valence-corrected chi connectivity index (χ1v) is 13.9. The summed E-state index contributed by atoms with van der Waals surface area (Å²) in [4.78, 5) is 4.06. The molecule has 0 atom stereocenters. The van der Waals surface area contributed by atoms with Crippen LogP contribution < -0.4 is 14.0 Å². The van der Waals surface area contributed by atoms with Crippen molar-refractivity contribution in [1.82, 2.24) is 4.98 Å². The van der Waals surface area contributed by atoms with Gasteiger partial charge in [-0.25, -0.2) is 4.57 Å². The maximum absolute atomic E-state index is 8.66. The fourth-order valence-corrected chi connectivity index (χ4v) is 4.04. The van der Waals surface area contributed by atoms with Gasteiger partial charge in [0.05, 0.1) is 52.9 Å². The van der Waals surface area contributed by atoms with Gasteiger partial charge in [0.2, 0.25) is 0 Å². The molecule has 9 heteroatoms. The van der Waals surface area contributed by atoms with Gasteiger partial charge in [0.15, 0.2) is 18.9 Å². The molecule has 0 fully saturated rings. The second kappa shape index (κ2) is 18.0. The summed E-state index contributed by atoms with van der Waals surface area (Å²) >= 11 is 0. The number of hydrogen-bond donors (Lipinski definition) is 1. The van der Waals surface area contributed by atoms with Gasteiger partial charge in [0.1, 0.15) is 31.3 Å². The summed E-state index contributed by atoms with van der Waals surface area (Å²) in [6, 6.07) is 20.1. The van der Waals surface area contributed by atoms with Gasteiger partial charge in [0.25, 0.3) is 0 Å². The highest BCUT2D eigenvalue weighted by atomic mass is 16.6. The van der Waals surface area contributed by atoms with Crippen molar-refractivity contribution in [2.45, 2.75) is 6.54 Å². The molecule has 0 bridgehead atoms. The molecule has 4 rings (SSSR count). The monoisotopic (exact) mass is 563 g/mol. The van der Waals surface area contributed by atoms with Crippen molar-refractivity contribution in [2.24, 2.45) is 0 Å². The second-order valence-corrected chi connectivity index (χ2v) is 9.10. The normalized spacial score (nSPS) is 11.1. The third-order valence-corrected chi connectivity index (χ3v) is 6.15. The molecule has 0 spiro atoms. The van der Waals surface area contributed by atoms with Crippen LogP contribution in [0.25, 0.3) is 21.9 Å². The van der Waals surface area contributed by atoms with Crippen LogP contribution in [0.1, 0.15) is 0 Å². The fraction of sp³-hybridized carbons (Fsp3) is 0.375. The number of rotatable bonds is 20. The minimum absolute atomic E-state index is 0.0230. The van der Waals surface area contributed by atoms with E-state index in [1.54, 1.807) is 12.4 Å². The van der Waals surface area contributed by atoms with Crippen LogP contribution in [-0.4, -0.2) is 82.8 Å². The Morgan fingerprint density at radius 3 is 1.59 bits per heavy atom. The number of aliphatic hydroxyl groups excluding tert-OH is 1. The number of aromatic nitrogens is 2. The number of nitrogens with zero attached hydrogens (tertiary/aromatic N) is 2. The van der Waals surface area contributed by atoms with E-state index in [1.165, 1.54) is 5.56 Å². The zero-order valence-electron chi connectivity index (χ0n) is 23.4. The SMILES string of the molecule is OCCOCCOCCOc1ccc2cc(OCCOCCOCC[n+]3ccc(-c4ccncc4)cc3)ccc2c1. The highest BCUT2D eigenvalue weighted by molar-refractivity contribution is 5.85. The van der Waals surface area contributed by atoms with Crippen LogP contribution in [0.4, 0.5) is 0 Å². The summed E-state index contributed by atoms with van der Waals surface area (Å²) in [5.74, 6) is 1.59. The van der Waals surface area contributed by atoms with Gasteiger partial charge in [-0.15, -0.1) is 0 Å². The van der Waals surface area contributed by atoms with Gasteiger partial charge in [-0.3, -0.25) is 4.98 Å². The molecule has 0 aliphatic carbocycles. The van der Waals surface area contributed by atoms with Crippen LogP contribution in [0.5, 0.6) is 11.5 Å². The lowest BCUT2D eigenvalue weighted by molar-refractivity contribution is -0.698. The zero-order chi connectivity index (χ0) is 28.4. The van der Waals surface area contributed by atoms with E-state index in [2.05, 4.69) is 34.1 Å². The van der Waals surface area contributed by atoms with Crippen molar-refractivity contribution in [3.8, 4) is 22.6 Å². The van der Waals surface area contributed by atoms with E-state index in [0.717, 1.165) is 34.4 Å². The molecule has 2 aromatic heterocycles. The van der Waals surface area contributed by atoms with E-state index in [0.29, 0.717) is 66.1 Å². The number of benzene rings is 2. The summed E-state index contributed by atoms with van der Waals surface area (Å²) in [6.07, 6.45) is 7.72. The van der Waals surface area contributed by atoms with Crippen LogP contribution in [0.2, 0.25) is 0 Å². The molecule has 0 aliphatic rings. The van der Waals surface area contributed by atoms with Crippen molar-refractivity contribution >= 4 is 10.8 Å². The molecular weight excluding hydrogens is 524 g/mol. The minimum Gasteiger partial charge on any atom is -0.491 e. The van der Waals surface area contributed by atoms with E-state index in [1.807, 2.05) is 48.5 Å². The zero-order valence-corrected chi connectivity index (χ0v) is 23.4. The van der Waals surface area contributed by atoms with Crippen LogP contribution in [0.3, 0.4) is 0 Å². The van der Waals surface area contributed by atoms with Crippen LogP contribution in [0.15, 0.2) is 85.5 Å². The molecule has 218 valence electrons. The Kier molecular flexibility index (Phi) is 13.3. The number of ether oxygens (including phenoxy) is 6. The second-order valence-electron chi connectivity index (χ2n) is 9.10. The summed E-state index contributed by atoms with van der Waals surface area (Å²) in [5.41, 5.74) is 2.32. The average molecular weight is 564 g/mol. The fourth-order valence-electron chi connectivity index (χ4n) is 4.04. The van der Waals surface area contributed by atoms with Gasteiger partial charge < -0.3 is 33.5 Å². The number of aliphatic hydroxyl groups is 1. The molecule has 0 aliphatic heterocycles. The van der Waals surface area contributed by atoms with Crippen LogP contribution in [-0.2, 0) is 25.5 Å². The van der Waals surface area contributed by atoms with Crippen molar-refractivity contribution < 1.29 is 38.1 Å². The molecule has 1 N–H and O–H groups in total. The molecule has 0 radical (unpaired) electrons. The maximum atomic E-state index is 8.66. The first kappa shape index (κ1) is 30.4. The lowest BCUT2D eigenvalue weighted by Gasteiger charge is -2.10. The molecule has 0 saturated heterocycles. The molecule has 0 saturated carbocycles. The summed E-state index contributed by atoms with van der Waals surface area (Å²) < 4.78 is 35.7. The van der Waals surface area contributed by atoms with Crippen LogP contribution in [0, 0.1) is 0 Å². The summed E-state index contributed by atoms with van der Waals surface area (Å²) in [7, 11) is 0. The molecular formula is C32H39N2O7+. The predicted octanol–water partition coefficient (Wildman–Crippen LogP) is 3.71. The molecule has 0 amide bonds. The molecule has 0 unspecified atom stereocenters. The first-order valence-electron chi connectivity index (χ1n) is 13.9. The lowest BCUT2D eigenvalue weighted by Crippen LogP contribution is -2.35. The van der Waals surface area contributed by atoms with Gasteiger partial charge in [0, 0.05) is 24.5 Å². The third kappa shape index (κ3) is 11.1.